The Morgan fingerprint density at radius 3 is 2.53 bits per heavy atom. The van der Waals surface area contributed by atoms with Crippen LogP contribution in [-0.4, -0.2) is 28.2 Å². The second-order valence-corrected chi connectivity index (χ2v) is 5.33. The molecule has 0 radical (unpaired) electrons. The smallest absolute Gasteiger partial charge is 0.223 e. The van der Waals surface area contributed by atoms with E-state index in [1.54, 1.807) is 0 Å². The Labute approximate surface area is 108 Å². The van der Waals surface area contributed by atoms with Crippen LogP contribution < -0.4 is 5.14 Å². The maximum absolute atomic E-state index is 11.4. The van der Waals surface area contributed by atoms with Gasteiger partial charge in [-0.05, 0) is 12.1 Å². The molecular formula is C11H9N5O2S. The molecule has 0 unspecified atom stereocenters. The number of benzene rings is 1. The zero-order chi connectivity index (χ0) is 13.5. The number of fused-ring (bicyclic) bond motifs is 1. The first kappa shape index (κ1) is 11.8. The highest BCUT2D eigenvalue weighted by Crippen LogP contribution is 2.20. The summed E-state index contributed by atoms with van der Waals surface area (Å²) in [6.45, 7) is 0. The average Bonchev–Trinajstić information content (AvgIpc) is 2.82. The lowest BCUT2D eigenvalue weighted by Crippen LogP contribution is -2.14. The van der Waals surface area contributed by atoms with E-state index in [9.17, 15) is 8.42 Å². The van der Waals surface area contributed by atoms with Crippen molar-refractivity contribution in [1.29, 1.82) is 0 Å². The van der Waals surface area contributed by atoms with Crippen molar-refractivity contribution >= 4 is 21.1 Å². The molecule has 0 bridgehead atoms. The Morgan fingerprint density at radius 1 is 1.11 bits per heavy atom. The summed E-state index contributed by atoms with van der Waals surface area (Å²) >= 11 is 0. The van der Waals surface area contributed by atoms with Gasteiger partial charge in [0.05, 0.1) is 17.3 Å². The summed E-state index contributed by atoms with van der Waals surface area (Å²) < 4.78 is 24.4. The van der Waals surface area contributed by atoms with E-state index in [2.05, 4.69) is 15.1 Å². The molecule has 0 amide bonds. The van der Waals surface area contributed by atoms with Gasteiger partial charge < -0.3 is 0 Å². The Morgan fingerprint density at radius 2 is 1.84 bits per heavy atom. The number of aromatic nitrogens is 4. The van der Waals surface area contributed by atoms with Gasteiger partial charge >= 0.3 is 0 Å². The molecular weight excluding hydrogens is 266 g/mol. The number of nitrogens with zero attached hydrogens (tertiary/aromatic N) is 4. The second kappa shape index (κ2) is 4.11. The molecule has 2 heterocycles. The normalized spacial score (nSPS) is 11.8. The molecule has 0 atom stereocenters. The van der Waals surface area contributed by atoms with E-state index in [-0.39, 0.29) is 5.03 Å². The fourth-order valence-corrected chi connectivity index (χ4v) is 2.45. The minimum Gasteiger partial charge on any atom is -0.223 e. The zero-order valence-corrected chi connectivity index (χ0v) is 10.4. The molecule has 7 nitrogen and oxygen atoms in total. The van der Waals surface area contributed by atoms with E-state index in [0.717, 1.165) is 12.0 Å². The van der Waals surface area contributed by atoms with Crippen molar-refractivity contribution in [2.24, 2.45) is 5.14 Å². The van der Waals surface area contributed by atoms with Gasteiger partial charge in [-0.15, -0.1) is 0 Å². The SMILES string of the molecule is NS(=O)(=O)c1ncnc2c1cnn2-c1ccccc1. The van der Waals surface area contributed by atoms with Crippen LogP contribution in [0.25, 0.3) is 16.7 Å². The highest BCUT2D eigenvalue weighted by atomic mass is 32.2. The van der Waals surface area contributed by atoms with E-state index < -0.39 is 10.0 Å². The first-order valence-corrected chi connectivity index (χ1v) is 6.89. The summed E-state index contributed by atoms with van der Waals surface area (Å²) in [4.78, 5) is 7.77. The first-order valence-electron chi connectivity index (χ1n) is 5.34. The van der Waals surface area contributed by atoms with Crippen molar-refractivity contribution in [3.63, 3.8) is 0 Å². The molecule has 19 heavy (non-hydrogen) atoms. The Hall–Kier alpha value is -2.32. The van der Waals surface area contributed by atoms with Crippen LogP contribution in [0.3, 0.4) is 0 Å². The van der Waals surface area contributed by atoms with Gasteiger partial charge in [0, 0.05) is 0 Å². The summed E-state index contributed by atoms with van der Waals surface area (Å²) in [6.07, 6.45) is 2.55. The Balaban J connectivity index is 2.32. The van der Waals surface area contributed by atoms with E-state index in [0.29, 0.717) is 11.0 Å². The van der Waals surface area contributed by atoms with Crippen LogP contribution in [0, 0.1) is 0 Å². The first-order chi connectivity index (χ1) is 9.07. The highest BCUT2D eigenvalue weighted by Gasteiger charge is 2.18. The minimum atomic E-state index is -3.90. The van der Waals surface area contributed by atoms with Gasteiger partial charge in [-0.2, -0.15) is 5.10 Å². The largest absolute Gasteiger partial charge is 0.256 e. The molecule has 0 aliphatic carbocycles. The third-order valence-corrected chi connectivity index (χ3v) is 3.46. The number of rotatable bonds is 2. The number of hydrogen-bond donors (Lipinski definition) is 1. The van der Waals surface area contributed by atoms with Gasteiger partial charge in [-0.3, -0.25) is 0 Å². The Kier molecular flexibility index (Phi) is 2.54. The van der Waals surface area contributed by atoms with Crippen molar-refractivity contribution in [2.75, 3.05) is 0 Å². The van der Waals surface area contributed by atoms with Crippen molar-refractivity contribution in [1.82, 2.24) is 19.7 Å². The lowest BCUT2D eigenvalue weighted by atomic mass is 10.3. The van der Waals surface area contributed by atoms with Crippen molar-refractivity contribution in [3.8, 4) is 5.69 Å². The van der Waals surface area contributed by atoms with Crippen molar-refractivity contribution in [3.05, 3.63) is 42.9 Å². The molecule has 96 valence electrons. The predicted octanol–water partition coefficient (Wildman–Crippen LogP) is 0.463. The summed E-state index contributed by atoms with van der Waals surface area (Å²) in [6, 6.07) is 9.26. The number of sulfonamides is 1. The van der Waals surface area contributed by atoms with Gasteiger partial charge in [-0.1, -0.05) is 18.2 Å². The molecule has 1 aromatic carbocycles. The van der Waals surface area contributed by atoms with Gasteiger partial charge in [0.2, 0.25) is 0 Å². The van der Waals surface area contributed by atoms with Gasteiger partial charge in [0.15, 0.2) is 10.7 Å². The summed E-state index contributed by atoms with van der Waals surface area (Å²) in [5.41, 5.74) is 1.17. The number of primary sulfonamides is 1. The predicted molar refractivity (Wildman–Crippen MR) is 68.0 cm³/mol. The molecule has 0 saturated carbocycles. The highest BCUT2D eigenvalue weighted by molar-refractivity contribution is 7.89. The van der Waals surface area contributed by atoms with Gasteiger partial charge in [-0.25, -0.2) is 28.2 Å². The average molecular weight is 275 g/mol. The number of para-hydroxylation sites is 1. The molecule has 2 aromatic heterocycles. The van der Waals surface area contributed by atoms with Crippen LogP contribution in [-0.2, 0) is 10.0 Å². The molecule has 0 saturated heterocycles. The molecule has 8 heteroatoms. The van der Waals surface area contributed by atoms with Gasteiger partial charge in [0.25, 0.3) is 10.0 Å². The minimum absolute atomic E-state index is 0.223. The molecule has 3 aromatic rings. The summed E-state index contributed by atoms with van der Waals surface area (Å²) in [5, 5.41) is 9.33. The number of nitrogens with two attached hydrogens (primary N) is 1. The maximum Gasteiger partial charge on any atom is 0.256 e. The second-order valence-electron chi connectivity index (χ2n) is 3.85. The van der Waals surface area contributed by atoms with E-state index >= 15 is 0 Å². The summed E-state index contributed by atoms with van der Waals surface area (Å²) in [5.74, 6) is 0. The van der Waals surface area contributed by atoms with E-state index in [1.165, 1.54) is 10.9 Å². The van der Waals surface area contributed by atoms with E-state index in [1.807, 2.05) is 30.3 Å². The van der Waals surface area contributed by atoms with Crippen LogP contribution in [0.4, 0.5) is 0 Å². The van der Waals surface area contributed by atoms with E-state index in [4.69, 9.17) is 5.14 Å². The lowest BCUT2D eigenvalue weighted by molar-refractivity contribution is 0.595. The topological polar surface area (TPSA) is 104 Å². The fourth-order valence-electron chi connectivity index (χ4n) is 1.81. The molecule has 0 aliphatic heterocycles. The third kappa shape index (κ3) is 1.96. The summed E-state index contributed by atoms with van der Waals surface area (Å²) in [7, 11) is -3.90. The molecule has 0 fully saturated rings. The quantitative estimate of drug-likeness (QED) is 0.684. The van der Waals surface area contributed by atoms with Crippen LogP contribution in [0.15, 0.2) is 47.9 Å². The lowest BCUT2D eigenvalue weighted by Gasteiger charge is -2.02. The van der Waals surface area contributed by atoms with Crippen LogP contribution in [0.2, 0.25) is 0 Å². The van der Waals surface area contributed by atoms with Crippen molar-refractivity contribution in [2.45, 2.75) is 5.03 Å². The zero-order valence-electron chi connectivity index (χ0n) is 9.63. The molecule has 2 N–H and O–H groups in total. The number of hydrogen-bond acceptors (Lipinski definition) is 5. The van der Waals surface area contributed by atoms with Crippen molar-refractivity contribution < 1.29 is 8.42 Å². The Bertz CT molecular complexity index is 842. The van der Waals surface area contributed by atoms with Crippen LogP contribution >= 0.6 is 0 Å². The standard InChI is InChI=1S/C11H9N5O2S/c12-19(17,18)11-9-6-15-16(10(9)13-7-14-11)8-4-2-1-3-5-8/h1-7H,(H2,12,17,18). The molecule has 0 aliphatic rings. The monoisotopic (exact) mass is 275 g/mol. The van der Waals surface area contributed by atoms with Gasteiger partial charge in [0.1, 0.15) is 6.33 Å². The third-order valence-electron chi connectivity index (χ3n) is 2.60. The van der Waals surface area contributed by atoms with Crippen LogP contribution in [0.1, 0.15) is 0 Å². The fraction of sp³-hybridized carbons (Fsp3) is 0. The maximum atomic E-state index is 11.4. The molecule has 3 rings (SSSR count). The van der Waals surface area contributed by atoms with Crippen LogP contribution in [0.5, 0.6) is 0 Å². The molecule has 0 spiro atoms.